The van der Waals surface area contributed by atoms with Crippen LogP contribution in [0.25, 0.3) is 0 Å². The molecule has 0 heterocycles. The summed E-state index contributed by atoms with van der Waals surface area (Å²) in [5, 5.41) is 16.0. The van der Waals surface area contributed by atoms with Gasteiger partial charge in [0.2, 0.25) is 17.7 Å². The second-order valence-corrected chi connectivity index (χ2v) is 7.00. The number of hydrogen-bond acceptors (Lipinski definition) is 6. The summed E-state index contributed by atoms with van der Waals surface area (Å²) < 4.78 is 0. The summed E-state index contributed by atoms with van der Waals surface area (Å²) in [6, 6.07) is -2.63. The van der Waals surface area contributed by atoms with Gasteiger partial charge in [0.05, 0.1) is 6.04 Å². The molecule has 0 aromatic carbocycles. The summed E-state index contributed by atoms with van der Waals surface area (Å²) in [5.41, 5.74) is 5.93. The maximum absolute atomic E-state index is 12.7. The predicted molar refractivity (Wildman–Crippen MR) is 105 cm³/mol. The van der Waals surface area contributed by atoms with Crippen LogP contribution in [0.15, 0.2) is 0 Å². The lowest BCUT2D eigenvalue weighted by Crippen LogP contribution is -2.58. The topological polar surface area (TPSA) is 151 Å². The molecule has 9 nitrogen and oxygen atoms in total. The van der Waals surface area contributed by atoms with Crippen molar-refractivity contribution in [3.63, 3.8) is 0 Å². The van der Waals surface area contributed by atoms with E-state index in [2.05, 4.69) is 28.6 Å². The van der Waals surface area contributed by atoms with Gasteiger partial charge in [-0.2, -0.15) is 12.6 Å². The highest BCUT2D eigenvalue weighted by Gasteiger charge is 2.31. The number of nitrogens with one attached hydrogen (secondary N) is 3. The molecule has 27 heavy (non-hydrogen) atoms. The normalized spacial score (nSPS) is 16.4. The highest BCUT2D eigenvalue weighted by molar-refractivity contribution is 7.80. The first-order valence-corrected chi connectivity index (χ1v) is 9.68. The zero-order valence-corrected chi connectivity index (χ0v) is 17.2. The number of carbonyl (C=O) groups is 4. The van der Waals surface area contributed by atoms with Gasteiger partial charge >= 0.3 is 5.97 Å². The Hall–Kier alpha value is -1.81. The monoisotopic (exact) mass is 404 g/mol. The second kappa shape index (κ2) is 12.6. The van der Waals surface area contributed by atoms with Gasteiger partial charge in [-0.05, 0) is 11.8 Å². The van der Waals surface area contributed by atoms with Crippen molar-refractivity contribution in [1.29, 1.82) is 0 Å². The molecular weight excluding hydrogens is 372 g/mol. The van der Waals surface area contributed by atoms with Gasteiger partial charge in [0.1, 0.15) is 18.6 Å². The smallest absolute Gasteiger partial charge is 0.322 e. The summed E-state index contributed by atoms with van der Waals surface area (Å²) in [6.45, 7) is 6.89. The zero-order valence-electron chi connectivity index (χ0n) is 16.3. The van der Waals surface area contributed by atoms with Crippen molar-refractivity contribution < 1.29 is 24.3 Å². The molecule has 0 fully saturated rings. The first-order valence-electron chi connectivity index (χ1n) is 9.05. The van der Waals surface area contributed by atoms with Crippen molar-refractivity contribution in [3.8, 4) is 0 Å². The van der Waals surface area contributed by atoms with Gasteiger partial charge in [-0.1, -0.05) is 40.5 Å². The van der Waals surface area contributed by atoms with Crippen LogP contribution in [0.2, 0.25) is 0 Å². The number of amides is 3. The van der Waals surface area contributed by atoms with Crippen LogP contribution < -0.4 is 21.7 Å². The van der Waals surface area contributed by atoms with Gasteiger partial charge in [0.25, 0.3) is 0 Å². The number of aliphatic carboxylic acids is 1. The molecular formula is C17H32N4O5S. The molecule has 0 spiro atoms. The molecule has 0 saturated heterocycles. The number of thiol groups is 1. The van der Waals surface area contributed by atoms with E-state index in [1.54, 1.807) is 6.92 Å². The fourth-order valence-corrected chi connectivity index (χ4v) is 2.46. The number of nitrogens with two attached hydrogens (primary N) is 1. The van der Waals surface area contributed by atoms with E-state index in [9.17, 15) is 19.2 Å². The van der Waals surface area contributed by atoms with Crippen molar-refractivity contribution in [2.75, 3.05) is 12.3 Å². The molecule has 0 aliphatic carbocycles. The lowest BCUT2D eigenvalue weighted by Gasteiger charge is -2.28. The summed E-state index contributed by atoms with van der Waals surface area (Å²) >= 11 is 4.03. The summed E-state index contributed by atoms with van der Waals surface area (Å²) in [4.78, 5) is 47.6. The fraction of sp³-hybridized carbons (Fsp3) is 0.765. The Morgan fingerprint density at radius 2 is 1.52 bits per heavy atom. The molecule has 6 N–H and O–H groups in total. The van der Waals surface area contributed by atoms with Gasteiger partial charge in [-0.25, -0.2) is 0 Å². The summed E-state index contributed by atoms with van der Waals surface area (Å²) in [5.74, 6) is -3.09. The lowest BCUT2D eigenvalue weighted by molar-refractivity contribution is -0.138. The number of carbonyl (C=O) groups excluding carboxylic acids is 3. The molecule has 0 saturated carbocycles. The first kappa shape index (κ1) is 25.2. The van der Waals surface area contributed by atoms with E-state index in [1.807, 2.05) is 20.8 Å². The van der Waals surface area contributed by atoms with Crippen LogP contribution in [0, 0.1) is 11.8 Å². The van der Waals surface area contributed by atoms with E-state index in [0.29, 0.717) is 6.42 Å². The quantitative estimate of drug-likeness (QED) is 0.242. The first-order chi connectivity index (χ1) is 12.6. The second-order valence-electron chi connectivity index (χ2n) is 6.64. The van der Waals surface area contributed by atoms with Crippen molar-refractivity contribution in [2.24, 2.45) is 17.6 Å². The van der Waals surface area contributed by atoms with Crippen molar-refractivity contribution in [3.05, 3.63) is 0 Å². The summed E-state index contributed by atoms with van der Waals surface area (Å²) in [7, 11) is 0. The zero-order chi connectivity index (χ0) is 21.1. The molecule has 10 heteroatoms. The minimum atomic E-state index is -1.20. The van der Waals surface area contributed by atoms with E-state index >= 15 is 0 Å². The molecule has 5 unspecified atom stereocenters. The minimum absolute atomic E-state index is 0.0231. The van der Waals surface area contributed by atoms with Crippen LogP contribution in [-0.2, 0) is 19.2 Å². The van der Waals surface area contributed by atoms with Crippen LogP contribution in [0.5, 0.6) is 0 Å². The van der Waals surface area contributed by atoms with Crippen molar-refractivity contribution in [2.45, 2.75) is 58.7 Å². The molecule has 0 bridgehead atoms. The molecule has 156 valence electrons. The average Bonchev–Trinajstić information content (AvgIpc) is 2.65. The van der Waals surface area contributed by atoms with Crippen LogP contribution >= 0.6 is 12.6 Å². The Kier molecular flexibility index (Phi) is 11.7. The van der Waals surface area contributed by atoms with Crippen LogP contribution in [-0.4, -0.2) is 59.2 Å². The van der Waals surface area contributed by atoms with Gasteiger partial charge in [0, 0.05) is 5.75 Å². The molecule has 5 atom stereocenters. The molecule has 0 aromatic rings. The van der Waals surface area contributed by atoms with Crippen LogP contribution in [0.3, 0.4) is 0 Å². The minimum Gasteiger partial charge on any atom is -0.480 e. The Bertz CT molecular complexity index is 531. The number of carboxylic acid groups (broad SMARTS) is 1. The third-order valence-corrected chi connectivity index (χ3v) is 4.95. The van der Waals surface area contributed by atoms with E-state index in [1.165, 1.54) is 0 Å². The van der Waals surface area contributed by atoms with E-state index in [0.717, 1.165) is 6.42 Å². The maximum atomic E-state index is 12.7. The Balaban J connectivity index is 5.12. The Labute approximate surface area is 165 Å². The van der Waals surface area contributed by atoms with Crippen molar-refractivity contribution >= 4 is 36.3 Å². The molecule has 0 aliphatic heterocycles. The maximum Gasteiger partial charge on any atom is 0.322 e. The Morgan fingerprint density at radius 3 is 1.96 bits per heavy atom. The highest BCUT2D eigenvalue weighted by atomic mass is 32.1. The highest BCUT2D eigenvalue weighted by Crippen LogP contribution is 2.11. The van der Waals surface area contributed by atoms with Gasteiger partial charge < -0.3 is 26.8 Å². The van der Waals surface area contributed by atoms with Crippen LogP contribution in [0.1, 0.15) is 40.5 Å². The van der Waals surface area contributed by atoms with E-state index in [4.69, 9.17) is 10.8 Å². The van der Waals surface area contributed by atoms with Crippen LogP contribution in [0.4, 0.5) is 0 Å². The molecule has 0 aliphatic rings. The van der Waals surface area contributed by atoms with E-state index in [-0.39, 0.29) is 17.6 Å². The van der Waals surface area contributed by atoms with E-state index < -0.39 is 48.4 Å². The average molecular weight is 405 g/mol. The van der Waals surface area contributed by atoms with Crippen molar-refractivity contribution in [1.82, 2.24) is 16.0 Å². The largest absolute Gasteiger partial charge is 0.480 e. The predicted octanol–water partition coefficient (Wildman–Crippen LogP) is -0.494. The molecule has 0 radical (unpaired) electrons. The van der Waals surface area contributed by atoms with Gasteiger partial charge in [-0.3, -0.25) is 19.2 Å². The third kappa shape index (κ3) is 8.61. The number of rotatable bonds is 12. The summed E-state index contributed by atoms with van der Waals surface area (Å²) in [6.07, 6.45) is 1.34. The molecule has 0 rings (SSSR count). The van der Waals surface area contributed by atoms with Gasteiger partial charge in [0.15, 0.2) is 0 Å². The molecule has 3 amide bonds. The Morgan fingerprint density at radius 1 is 0.963 bits per heavy atom. The fourth-order valence-electron chi connectivity index (χ4n) is 2.21. The SMILES string of the molecule is CCC(C)C(N)C(=O)NC(C(=O)NC(CS)C(=O)NCC(=O)O)C(C)CC. The van der Waals surface area contributed by atoms with Gasteiger partial charge in [-0.15, -0.1) is 0 Å². The third-order valence-electron chi connectivity index (χ3n) is 4.58. The molecule has 0 aromatic heterocycles. The number of hydrogen-bond donors (Lipinski definition) is 6. The standard InChI is InChI=1S/C17H32N4O5S/c1-5-9(3)13(18)16(25)21-14(10(4)6-2)17(26)20-11(8-27)15(24)19-7-12(22)23/h9-11,13-14,27H,5-8,18H2,1-4H3,(H,19,24)(H,20,26)(H,21,25)(H,22,23). The lowest BCUT2D eigenvalue weighted by atomic mass is 9.95. The number of carboxylic acids is 1.